The van der Waals surface area contributed by atoms with Crippen molar-refractivity contribution < 1.29 is 4.79 Å². The Morgan fingerprint density at radius 1 is 1.19 bits per heavy atom. The van der Waals surface area contributed by atoms with Gasteiger partial charge >= 0.3 is 0 Å². The number of ketones is 1. The fourth-order valence-electron chi connectivity index (χ4n) is 1.65. The van der Waals surface area contributed by atoms with E-state index in [4.69, 9.17) is 23.2 Å². The Labute approximate surface area is 104 Å². The molecule has 0 aliphatic heterocycles. The highest BCUT2D eigenvalue weighted by molar-refractivity contribution is 6.36. The number of allylic oxidation sites excluding steroid dienone is 2. The molecule has 1 aromatic carbocycles. The first kappa shape index (κ1) is 11.5. The monoisotopic (exact) mass is 255 g/mol. The fraction of sp³-hybridized carbons (Fsp3) is 0.250. The van der Waals surface area contributed by atoms with Crippen molar-refractivity contribution in [1.82, 2.24) is 0 Å². The average molecular weight is 256 g/mol. The maximum absolute atomic E-state index is 11.2. The van der Waals surface area contributed by atoms with E-state index >= 15 is 0 Å². The van der Waals surface area contributed by atoms with Gasteiger partial charge in [0.15, 0.2) is 5.78 Å². The van der Waals surface area contributed by atoms with E-state index in [9.17, 15) is 4.79 Å². The zero-order valence-corrected chi connectivity index (χ0v) is 10.1. The molecule has 0 radical (unpaired) electrons. The predicted molar refractivity (Wildman–Crippen MR) is 67.0 cm³/mol. The Kier molecular flexibility index (Phi) is 3.52. The molecule has 1 aromatic rings. The van der Waals surface area contributed by atoms with Crippen LogP contribution in [0.1, 0.15) is 19.3 Å². The topological polar surface area (TPSA) is 29.1 Å². The maximum Gasteiger partial charge on any atom is 0.157 e. The molecule has 0 aromatic heterocycles. The van der Waals surface area contributed by atoms with Gasteiger partial charge in [0, 0.05) is 23.2 Å². The van der Waals surface area contributed by atoms with Gasteiger partial charge in [-0.2, -0.15) is 0 Å². The summed E-state index contributed by atoms with van der Waals surface area (Å²) in [5.74, 6) is 0.166. The molecule has 0 atom stereocenters. The largest absolute Gasteiger partial charge is 0.358 e. The highest BCUT2D eigenvalue weighted by atomic mass is 35.5. The van der Waals surface area contributed by atoms with Crippen LogP contribution in [-0.4, -0.2) is 5.78 Å². The molecule has 0 bridgehead atoms. The predicted octanol–water partition coefficient (Wildman–Crippen LogP) is 4.04. The van der Waals surface area contributed by atoms with Gasteiger partial charge in [-0.1, -0.05) is 23.2 Å². The molecule has 84 valence electrons. The van der Waals surface area contributed by atoms with Crippen LogP contribution in [-0.2, 0) is 4.79 Å². The summed E-state index contributed by atoms with van der Waals surface area (Å²) >= 11 is 11.8. The minimum Gasteiger partial charge on any atom is -0.358 e. The van der Waals surface area contributed by atoms with E-state index in [0.717, 1.165) is 24.2 Å². The quantitative estimate of drug-likeness (QED) is 0.865. The molecule has 1 aliphatic carbocycles. The molecule has 2 rings (SSSR count). The van der Waals surface area contributed by atoms with E-state index in [1.807, 2.05) is 6.07 Å². The zero-order chi connectivity index (χ0) is 11.5. The van der Waals surface area contributed by atoms with E-state index in [1.54, 1.807) is 18.2 Å². The van der Waals surface area contributed by atoms with Crippen LogP contribution in [0.4, 0.5) is 5.69 Å². The Hall–Kier alpha value is -0.990. The molecular formula is C12H11Cl2NO. The molecule has 1 aliphatic rings. The summed E-state index contributed by atoms with van der Waals surface area (Å²) in [5.41, 5.74) is 1.70. The Bertz CT molecular complexity index is 454. The van der Waals surface area contributed by atoms with E-state index in [2.05, 4.69) is 5.32 Å². The normalized spacial score (nSPS) is 15.9. The fourth-order valence-corrected chi connectivity index (χ4v) is 2.11. The number of rotatable bonds is 2. The van der Waals surface area contributed by atoms with Crippen molar-refractivity contribution in [3.8, 4) is 0 Å². The van der Waals surface area contributed by atoms with Crippen molar-refractivity contribution in [2.45, 2.75) is 19.3 Å². The third-order valence-corrected chi connectivity index (χ3v) is 2.98. The Morgan fingerprint density at radius 2 is 2.00 bits per heavy atom. The SMILES string of the molecule is O=C1C=C(Nc2ccc(Cl)cc2Cl)CCC1. The first-order valence-corrected chi connectivity index (χ1v) is 5.86. The van der Waals surface area contributed by atoms with Gasteiger partial charge in [0.2, 0.25) is 0 Å². The summed E-state index contributed by atoms with van der Waals surface area (Å²) in [4.78, 5) is 11.2. The molecule has 1 N–H and O–H groups in total. The molecule has 0 fully saturated rings. The van der Waals surface area contributed by atoms with E-state index < -0.39 is 0 Å². The van der Waals surface area contributed by atoms with Crippen molar-refractivity contribution in [3.63, 3.8) is 0 Å². The summed E-state index contributed by atoms with van der Waals surface area (Å²) in [6, 6.07) is 5.25. The molecule has 0 unspecified atom stereocenters. The van der Waals surface area contributed by atoms with Crippen LogP contribution in [0.15, 0.2) is 30.0 Å². The van der Waals surface area contributed by atoms with Gasteiger partial charge in [-0.3, -0.25) is 4.79 Å². The van der Waals surface area contributed by atoms with Gasteiger partial charge in [-0.25, -0.2) is 0 Å². The van der Waals surface area contributed by atoms with E-state index in [-0.39, 0.29) is 5.78 Å². The second kappa shape index (κ2) is 4.89. The third kappa shape index (κ3) is 2.77. The van der Waals surface area contributed by atoms with Gasteiger partial charge < -0.3 is 5.32 Å². The molecule has 0 spiro atoms. The molecular weight excluding hydrogens is 245 g/mol. The standard InChI is InChI=1S/C12H11Cl2NO/c13-8-4-5-12(11(14)6-8)15-9-2-1-3-10(16)7-9/h4-7,15H,1-3H2. The van der Waals surface area contributed by atoms with Crippen molar-refractivity contribution in [2.24, 2.45) is 0 Å². The Balaban J connectivity index is 2.17. The smallest absolute Gasteiger partial charge is 0.157 e. The molecule has 4 heteroatoms. The third-order valence-electron chi connectivity index (χ3n) is 2.43. The maximum atomic E-state index is 11.2. The highest BCUT2D eigenvalue weighted by Crippen LogP contribution is 2.28. The molecule has 0 amide bonds. The van der Waals surface area contributed by atoms with Gasteiger partial charge in [-0.05, 0) is 31.0 Å². The van der Waals surface area contributed by atoms with Crippen LogP contribution < -0.4 is 5.32 Å². The second-order valence-corrected chi connectivity index (χ2v) is 4.58. The first-order chi connectivity index (χ1) is 7.65. The van der Waals surface area contributed by atoms with Crippen LogP contribution in [0, 0.1) is 0 Å². The average Bonchev–Trinajstić information content (AvgIpc) is 2.22. The van der Waals surface area contributed by atoms with Crippen molar-refractivity contribution in [1.29, 1.82) is 0 Å². The minimum absolute atomic E-state index is 0.166. The summed E-state index contributed by atoms with van der Waals surface area (Å²) in [6.45, 7) is 0. The summed E-state index contributed by atoms with van der Waals surface area (Å²) in [7, 11) is 0. The van der Waals surface area contributed by atoms with Crippen LogP contribution >= 0.6 is 23.2 Å². The second-order valence-electron chi connectivity index (χ2n) is 3.74. The van der Waals surface area contributed by atoms with Crippen LogP contribution in [0.5, 0.6) is 0 Å². The summed E-state index contributed by atoms with van der Waals surface area (Å²) in [5, 5.41) is 4.32. The minimum atomic E-state index is 0.166. The summed E-state index contributed by atoms with van der Waals surface area (Å²) < 4.78 is 0. The number of nitrogens with one attached hydrogen (secondary N) is 1. The van der Waals surface area contributed by atoms with Crippen molar-refractivity contribution in [2.75, 3.05) is 5.32 Å². The van der Waals surface area contributed by atoms with Gasteiger partial charge in [0.25, 0.3) is 0 Å². The molecule has 16 heavy (non-hydrogen) atoms. The zero-order valence-electron chi connectivity index (χ0n) is 8.59. The lowest BCUT2D eigenvalue weighted by molar-refractivity contribution is -0.115. The lowest BCUT2D eigenvalue weighted by atomic mass is 10.0. The molecule has 0 saturated heterocycles. The first-order valence-electron chi connectivity index (χ1n) is 5.10. The lowest BCUT2D eigenvalue weighted by Gasteiger charge is -2.15. The van der Waals surface area contributed by atoms with Crippen LogP contribution in [0.2, 0.25) is 10.0 Å². The highest BCUT2D eigenvalue weighted by Gasteiger charge is 2.11. The van der Waals surface area contributed by atoms with E-state index in [1.165, 1.54) is 0 Å². The van der Waals surface area contributed by atoms with Crippen LogP contribution in [0.25, 0.3) is 0 Å². The number of anilines is 1. The lowest BCUT2D eigenvalue weighted by Crippen LogP contribution is -2.09. The number of halogens is 2. The molecule has 0 heterocycles. The number of carbonyl (C=O) groups is 1. The number of hydrogen-bond acceptors (Lipinski definition) is 2. The number of hydrogen-bond donors (Lipinski definition) is 1. The molecule has 2 nitrogen and oxygen atoms in total. The number of carbonyl (C=O) groups excluding carboxylic acids is 1. The van der Waals surface area contributed by atoms with Gasteiger partial charge in [0.05, 0.1) is 10.7 Å². The van der Waals surface area contributed by atoms with Gasteiger partial charge in [-0.15, -0.1) is 0 Å². The van der Waals surface area contributed by atoms with E-state index in [0.29, 0.717) is 16.5 Å². The Morgan fingerprint density at radius 3 is 2.69 bits per heavy atom. The molecule has 0 saturated carbocycles. The van der Waals surface area contributed by atoms with Crippen molar-refractivity contribution in [3.05, 3.63) is 40.0 Å². The van der Waals surface area contributed by atoms with Crippen molar-refractivity contribution >= 4 is 34.7 Å². The van der Waals surface area contributed by atoms with Gasteiger partial charge in [0.1, 0.15) is 0 Å². The number of benzene rings is 1. The summed E-state index contributed by atoms with van der Waals surface area (Å²) in [6.07, 6.45) is 4.06. The van der Waals surface area contributed by atoms with Crippen LogP contribution in [0.3, 0.4) is 0 Å².